The molecule has 30 heavy (non-hydrogen) atoms. The second-order valence-electron chi connectivity index (χ2n) is 7.24. The summed E-state index contributed by atoms with van der Waals surface area (Å²) in [5, 5.41) is 14.2. The summed E-state index contributed by atoms with van der Waals surface area (Å²) >= 11 is 0. The van der Waals surface area contributed by atoms with Crippen LogP contribution < -0.4 is 4.74 Å². The highest BCUT2D eigenvalue weighted by Crippen LogP contribution is 2.33. The number of likely N-dealkylation sites (tertiary alicyclic amines) is 1. The number of aliphatic hydroxyl groups is 1. The van der Waals surface area contributed by atoms with Crippen molar-refractivity contribution in [1.29, 1.82) is 0 Å². The quantitative estimate of drug-likeness (QED) is 0.654. The number of nitrogens with zero attached hydrogens (tertiary/aromatic N) is 3. The molecule has 1 saturated heterocycles. The first-order valence-electron chi connectivity index (χ1n) is 9.49. The molecule has 1 aromatic heterocycles. The molecule has 2 unspecified atom stereocenters. The summed E-state index contributed by atoms with van der Waals surface area (Å²) < 4.78 is 46.9. The number of benzene rings is 2. The second kappa shape index (κ2) is 8.45. The number of aromatic nitrogens is 2. The Morgan fingerprint density at radius 2 is 1.87 bits per heavy atom. The van der Waals surface area contributed by atoms with E-state index < -0.39 is 12.5 Å². The predicted molar refractivity (Wildman–Crippen MR) is 100 cm³/mol. The highest BCUT2D eigenvalue weighted by Gasteiger charge is 2.36. The van der Waals surface area contributed by atoms with Gasteiger partial charge >= 0.3 is 6.36 Å². The van der Waals surface area contributed by atoms with Crippen LogP contribution in [0.15, 0.2) is 59.1 Å². The summed E-state index contributed by atoms with van der Waals surface area (Å²) in [6.45, 7) is 0.665. The molecule has 2 aromatic carbocycles. The molecule has 0 aliphatic carbocycles. The van der Waals surface area contributed by atoms with Gasteiger partial charge in [-0.1, -0.05) is 47.6 Å². The maximum absolute atomic E-state index is 12.5. The van der Waals surface area contributed by atoms with Gasteiger partial charge in [-0.25, -0.2) is 0 Å². The lowest BCUT2D eigenvalue weighted by Crippen LogP contribution is -2.24. The summed E-state index contributed by atoms with van der Waals surface area (Å²) in [5.74, 6) is 0.650. The largest absolute Gasteiger partial charge is 0.573 e. The van der Waals surface area contributed by atoms with E-state index in [0.29, 0.717) is 43.2 Å². The van der Waals surface area contributed by atoms with Gasteiger partial charge in [-0.05, 0) is 29.7 Å². The Labute approximate surface area is 170 Å². The standard InChI is InChI=1S/C21H20F3N3O3/c22-21(23,24)29-17-8-4-7-15(9-17)12-27-13-16(28)11-18(27)20-25-19(26-30-20)10-14-5-2-1-3-6-14/h1-9,16,18,28H,10-13H2. The minimum Gasteiger partial charge on any atom is -0.406 e. The molecule has 2 heterocycles. The van der Waals surface area contributed by atoms with E-state index >= 15 is 0 Å². The SMILES string of the molecule is OC1CC(c2nc(Cc3ccccc3)no2)N(Cc2cccc(OC(F)(F)F)c2)C1. The number of alkyl halides is 3. The number of rotatable bonds is 6. The Morgan fingerprint density at radius 3 is 2.63 bits per heavy atom. The normalized spacial score (nSPS) is 19.9. The maximum Gasteiger partial charge on any atom is 0.573 e. The van der Waals surface area contributed by atoms with Crippen molar-refractivity contribution in [1.82, 2.24) is 15.0 Å². The Bertz CT molecular complexity index is 978. The third-order valence-corrected chi connectivity index (χ3v) is 4.87. The first-order chi connectivity index (χ1) is 14.4. The molecular formula is C21H20F3N3O3. The van der Waals surface area contributed by atoms with Crippen molar-refractivity contribution in [3.8, 4) is 5.75 Å². The molecule has 1 aliphatic heterocycles. The van der Waals surface area contributed by atoms with E-state index in [9.17, 15) is 18.3 Å². The first kappa shape index (κ1) is 20.4. The van der Waals surface area contributed by atoms with Crippen LogP contribution in [0.25, 0.3) is 0 Å². The number of aliphatic hydroxyl groups excluding tert-OH is 1. The van der Waals surface area contributed by atoms with Crippen molar-refractivity contribution < 1.29 is 27.5 Å². The molecule has 1 fully saturated rings. The molecule has 2 atom stereocenters. The molecule has 6 nitrogen and oxygen atoms in total. The van der Waals surface area contributed by atoms with Crippen LogP contribution in [-0.2, 0) is 13.0 Å². The topological polar surface area (TPSA) is 71.6 Å². The van der Waals surface area contributed by atoms with E-state index in [4.69, 9.17) is 4.52 Å². The van der Waals surface area contributed by atoms with Crippen molar-refractivity contribution >= 4 is 0 Å². The van der Waals surface area contributed by atoms with E-state index in [1.165, 1.54) is 18.2 Å². The Morgan fingerprint density at radius 1 is 1.10 bits per heavy atom. The molecule has 1 N–H and O–H groups in total. The summed E-state index contributed by atoms with van der Waals surface area (Å²) in [5.41, 5.74) is 1.68. The molecule has 158 valence electrons. The second-order valence-corrected chi connectivity index (χ2v) is 7.24. The number of β-amino-alcohol motifs (C(OH)–C–C–N with tert-alkyl or cyclic N) is 1. The number of hydrogen-bond acceptors (Lipinski definition) is 6. The van der Waals surface area contributed by atoms with E-state index in [0.717, 1.165) is 5.56 Å². The molecule has 0 saturated carbocycles. The molecule has 1 aliphatic rings. The van der Waals surface area contributed by atoms with Crippen LogP contribution in [0.5, 0.6) is 5.75 Å². The smallest absolute Gasteiger partial charge is 0.406 e. The van der Waals surface area contributed by atoms with Gasteiger partial charge in [-0.3, -0.25) is 4.90 Å². The number of hydrogen-bond donors (Lipinski definition) is 1. The fourth-order valence-corrected chi connectivity index (χ4v) is 3.64. The summed E-state index contributed by atoms with van der Waals surface area (Å²) in [6, 6.07) is 15.2. The molecule has 4 rings (SSSR count). The highest BCUT2D eigenvalue weighted by molar-refractivity contribution is 5.29. The van der Waals surface area contributed by atoms with Crippen LogP contribution >= 0.6 is 0 Å². The van der Waals surface area contributed by atoms with Crippen LogP contribution in [0.2, 0.25) is 0 Å². The zero-order valence-corrected chi connectivity index (χ0v) is 15.9. The van der Waals surface area contributed by atoms with E-state index in [1.54, 1.807) is 6.07 Å². The van der Waals surface area contributed by atoms with Gasteiger partial charge in [0.1, 0.15) is 5.75 Å². The minimum atomic E-state index is -4.75. The van der Waals surface area contributed by atoms with Crippen LogP contribution in [-0.4, -0.2) is 39.2 Å². The molecule has 0 amide bonds. The summed E-state index contributed by atoms with van der Waals surface area (Å²) in [6.07, 6.45) is -4.40. The Kier molecular flexibility index (Phi) is 5.74. The van der Waals surface area contributed by atoms with Crippen LogP contribution in [0.4, 0.5) is 13.2 Å². The van der Waals surface area contributed by atoms with Crippen molar-refractivity contribution in [2.75, 3.05) is 6.54 Å². The lowest BCUT2D eigenvalue weighted by atomic mass is 10.1. The average Bonchev–Trinajstić information content (AvgIpc) is 3.28. The van der Waals surface area contributed by atoms with Crippen LogP contribution in [0.3, 0.4) is 0 Å². The van der Waals surface area contributed by atoms with Gasteiger partial charge in [0.05, 0.1) is 12.1 Å². The highest BCUT2D eigenvalue weighted by atomic mass is 19.4. The van der Waals surface area contributed by atoms with E-state index in [2.05, 4.69) is 14.9 Å². The monoisotopic (exact) mass is 419 g/mol. The fraction of sp³-hybridized carbons (Fsp3) is 0.333. The van der Waals surface area contributed by atoms with Gasteiger partial charge in [0.2, 0.25) is 5.89 Å². The van der Waals surface area contributed by atoms with E-state index in [-0.39, 0.29) is 11.8 Å². The minimum absolute atomic E-state index is 0.278. The van der Waals surface area contributed by atoms with Gasteiger partial charge in [-0.15, -0.1) is 13.2 Å². The van der Waals surface area contributed by atoms with Crippen LogP contribution in [0.1, 0.15) is 35.3 Å². The van der Waals surface area contributed by atoms with Gasteiger partial charge in [0.15, 0.2) is 5.82 Å². The van der Waals surface area contributed by atoms with Crippen LogP contribution in [0, 0.1) is 0 Å². The molecule has 0 spiro atoms. The summed E-state index contributed by atoms with van der Waals surface area (Å²) in [7, 11) is 0. The van der Waals surface area contributed by atoms with Gasteiger partial charge in [0.25, 0.3) is 0 Å². The van der Waals surface area contributed by atoms with Crippen molar-refractivity contribution in [3.63, 3.8) is 0 Å². The third kappa shape index (κ3) is 5.17. The third-order valence-electron chi connectivity index (χ3n) is 4.87. The fourth-order valence-electron chi connectivity index (χ4n) is 3.64. The Hall–Kier alpha value is -2.91. The van der Waals surface area contributed by atoms with Crippen molar-refractivity contribution in [2.45, 2.75) is 37.9 Å². The maximum atomic E-state index is 12.5. The average molecular weight is 419 g/mol. The molecule has 0 radical (unpaired) electrons. The lowest BCUT2D eigenvalue weighted by Gasteiger charge is -2.21. The number of ether oxygens (including phenoxy) is 1. The number of halogens is 3. The van der Waals surface area contributed by atoms with E-state index in [1.807, 2.05) is 35.2 Å². The summed E-state index contributed by atoms with van der Waals surface area (Å²) in [4.78, 5) is 6.39. The zero-order valence-electron chi connectivity index (χ0n) is 15.9. The molecule has 0 bridgehead atoms. The van der Waals surface area contributed by atoms with Crippen molar-refractivity contribution in [3.05, 3.63) is 77.4 Å². The zero-order chi connectivity index (χ0) is 21.1. The van der Waals surface area contributed by atoms with Gasteiger partial charge in [-0.2, -0.15) is 4.98 Å². The van der Waals surface area contributed by atoms with Gasteiger partial charge in [0, 0.05) is 19.5 Å². The predicted octanol–water partition coefficient (Wildman–Crippen LogP) is 3.87. The van der Waals surface area contributed by atoms with Gasteiger partial charge < -0.3 is 14.4 Å². The molecule has 9 heteroatoms. The molecular weight excluding hydrogens is 399 g/mol. The molecule has 3 aromatic rings. The van der Waals surface area contributed by atoms with Crippen molar-refractivity contribution in [2.24, 2.45) is 0 Å². The first-order valence-corrected chi connectivity index (χ1v) is 9.49. The Balaban J connectivity index is 1.47. The lowest BCUT2D eigenvalue weighted by molar-refractivity contribution is -0.274.